The Balaban J connectivity index is 1.95. The van der Waals surface area contributed by atoms with Crippen LogP contribution >= 0.6 is 0 Å². The lowest BCUT2D eigenvalue weighted by atomic mass is 10.2. The van der Waals surface area contributed by atoms with E-state index in [0.717, 1.165) is 30.6 Å². The first-order chi connectivity index (χ1) is 8.69. The van der Waals surface area contributed by atoms with E-state index in [4.69, 9.17) is 0 Å². The molecule has 1 aromatic carbocycles. The Morgan fingerprint density at radius 3 is 2.50 bits per heavy atom. The van der Waals surface area contributed by atoms with Crippen molar-refractivity contribution in [3.63, 3.8) is 0 Å². The van der Waals surface area contributed by atoms with Gasteiger partial charge in [-0.2, -0.15) is 0 Å². The Kier molecular flexibility index (Phi) is 3.97. The van der Waals surface area contributed by atoms with Crippen LogP contribution in [0, 0.1) is 5.92 Å². The Labute approximate surface area is 107 Å². The van der Waals surface area contributed by atoms with Crippen LogP contribution < -0.4 is 10.6 Å². The molecule has 0 aromatic heterocycles. The van der Waals surface area contributed by atoms with E-state index in [0.29, 0.717) is 6.42 Å². The molecule has 0 heterocycles. The molecule has 0 saturated heterocycles. The summed E-state index contributed by atoms with van der Waals surface area (Å²) in [5.41, 5.74) is 1.46. The molecule has 2 rings (SSSR count). The lowest BCUT2D eigenvalue weighted by Crippen LogP contribution is -2.14. The van der Waals surface area contributed by atoms with Crippen molar-refractivity contribution < 1.29 is 9.59 Å². The molecule has 1 fully saturated rings. The van der Waals surface area contributed by atoms with Gasteiger partial charge in [0.1, 0.15) is 0 Å². The van der Waals surface area contributed by atoms with Gasteiger partial charge in [-0.05, 0) is 37.5 Å². The van der Waals surface area contributed by atoms with Crippen LogP contribution in [0.3, 0.4) is 0 Å². The normalized spacial score (nSPS) is 14.1. The average molecular weight is 246 g/mol. The second kappa shape index (κ2) is 5.67. The second-order valence-electron chi connectivity index (χ2n) is 4.64. The molecule has 0 unspecified atom stereocenters. The number of carbonyl (C=O) groups is 2. The van der Waals surface area contributed by atoms with Gasteiger partial charge in [-0.3, -0.25) is 9.59 Å². The van der Waals surface area contributed by atoms with Gasteiger partial charge in [0.25, 0.3) is 0 Å². The number of rotatable bonds is 5. The molecular weight excluding hydrogens is 228 g/mol. The highest BCUT2D eigenvalue weighted by atomic mass is 16.2. The molecule has 4 heteroatoms. The SMILES string of the molecule is CCCC(=O)Nc1cccc(NC(=O)C2CC2)c1. The highest BCUT2D eigenvalue weighted by molar-refractivity contribution is 5.95. The molecule has 1 aromatic rings. The topological polar surface area (TPSA) is 58.2 Å². The quantitative estimate of drug-likeness (QED) is 0.839. The Bertz CT molecular complexity index is 453. The molecule has 18 heavy (non-hydrogen) atoms. The Morgan fingerprint density at radius 2 is 1.89 bits per heavy atom. The molecule has 0 atom stereocenters. The van der Waals surface area contributed by atoms with Gasteiger partial charge in [-0.1, -0.05) is 13.0 Å². The van der Waals surface area contributed by atoms with E-state index in [1.807, 2.05) is 25.1 Å². The highest BCUT2D eigenvalue weighted by Gasteiger charge is 2.29. The van der Waals surface area contributed by atoms with Gasteiger partial charge in [0.2, 0.25) is 11.8 Å². The van der Waals surface area contributed by atoms with Gasteiger partial charge in [-0.25, -0.2) is 0 Å². The van der Waals surface area contributed by atoms with E-state index in [1.165, 1.54) is 0 Å². The van der Waals surface area contributed by atoms with Crippen LogP contribution in [0.25, 0.3) is 0 Å². The number of anilines is 2. The van der Waals surface area contributed by atoms with Crippen molar-refractivity contribution in [3.8, 4) is 0 Å². The van der Waals surface area contributed by atoms with Crippen molar-refractivity contribution in [1.29, 1.82) is 0 Å². The van der Waals surface area contributed by atoms with Gasteiger partial charge >= 0.3 is 0 Å². The largest absolute Gasteiger partial charge is 0.326 e. The molecule has 0 radical (unpaired) electrons. The third kappa shape index (κ3) is 3.58. The average Bonchev–Trinajstić information content (AvgIpc) is 3.13. The third-order valence-corrected chi connectivity index (χ3v) is 2.84. The predicted octanol–water partition coefficient (Wildman–Crippen LogP) is 2.77. The van der Waals surface area contributed by atoms with Crippen LogP contribution in [0.15, 0.2) is 24.3 Å². The van der Waals surface area contributed by atoms with Crippen LogP contribution in [-0.2, 0) is 9.59 Å². The van der Waals surface area contributed by atoms with Gasteiger partial charge in [0.15, 0.2) is 0 Å². The fourth-order valence-electron chi connectivity index (χ4n) is 1.72. The van der Waals surface area contributed by atoms with Crippen molar-refractivity contribution in [2.45, 2.75) is 32.6 Å². The van der Waals surface area contributed by atoms with E-state index in [9.17, 15) is 9.59 Å². The fourth-order valence-corrected chi connectivity index (χ4v) is 1.72. The smallest absolute Gasteiger partial charge is 0.227 e. The monoisotopic (exact) mass is 246 g/mol. The fraction of sp³-hybridized carbons (Fsp3) is 0.429. The Morgan fingerprint density at radius 1 is 1.22 bits per heavy atom. The molecule has 96 valence electrons. The van der Waals surface area contributed by atoms with Crippen LogP contribution in [0.2, 0.25) is 0 Å². The zero-order chi connectivity index (χ0) is 13.0. The van der Waals surface area contributed by atoms with Crippen molar-refractivity contribution in [3.05, 3.63) is 24.3 Å². The summed E-state index contributed by atoms with van der Waals surface area (Å²) in [6.45, 7) is 1.96. The number of hydrogen-bond acceptors (Lipinski definition) is 2. The molecule has 0 bridgehead atoms. The summed E-state index contributed by atoms with van der Waals surface area (Å²) in [5.74, 6) is 0.263. The first-order valence-electron chi connectivity index (χ1n) is 6.40. The lowest BCUT2D eigenvalue weighted by Gasteiger charge is -2.08. The minimum Gasteiger partial charge on any atom is -0.326 e. The van der Waals surface area contributed by atoms with Gasteiger partial charge in [0, 0.05) is 23.7 Å². The molecule has 1 aliphatic carbocycles. The molecule has 2 amide bonds. The second-order valence-corrected chi connectivity index (χ2v) is 4.64. The highest BCUT2D eigenvalue weighted by Crippen LogP contribution is 2.30. The minimum atomic E-state index is 0.00293. The Hall–Kier alpha value is -1.84. The van der Waals surface area contributed by atoms with Gasteiger partial charge < -0.3 is 10.6 Å². The van der Waals surface area contributed by atoms with Crippen LogP contribution in [0.1, 0.15) is 32.6 Å². The summed E-state index contributed by atoms with van der Waals surface area (Å²) >= 11 is 0. The van der Waals surface area contributed by atoms with Crippen molar-refractivity contribution in [2.75, 3.05) is 10.6 Å². The van der Waals surface area contributed by atoms with E-state index in [-0.39, 0.29) is 17.7 Å². The maximum Gasteiger partial charge on any atom is 0.227 e. The van der Waals surface area contributed by atoms with Crippen molar-refractivity contribution in [2.24, 2.45) is 5.92 Å². The van der Waals surface area contributed by atoms with E-state index in [1.54, 1.807) is 6.07 Å². The summed E-state index contributed by atoms with van der Waals surface area (Å²) in [6.07, 6.45) is 3.31. The first-order valence-corrected chi connectivity index (χ1v) is 6.40. The van der Waals surface area contributed by atoms with E-state index >= 15 is 0 Å². The standard InChI is InChI=1S/C14H18N2O2/c1-2-4-13(17)15-11-5-3-6-12(9-11)16-14(18)10-7-8-10/h3,5-6,9-10H,2,4,7-8H2,1H3,(H,15,17)(H,16,18). The van der Waals surface area contributed by atoms with Gasteiger partial charge in [0.05, 0.1) is 0 Å². The molecule has 4 nitrogen and oxygen atoms in total. The van der Waals surface area contributed by atoms with E-state index < -0.39 is 0 Å². The zero-order valence-electron chi connectivity index (χ0n) is 10.5. The van der Waals surface area contributed by atoms with Crippen molar-refractivity contribution in [1.82, 2.24) is 0 Å². The van der Waals surface area contributed by atoms with E-state index in [2.05, 4.69) is 10.6 Å². The maximum absolute atomic E-state index is 11.6. The zero-order valence-corrected chi connectivity index (χ0v) is 10.5. The number of amides is 2. The summed E-state index contributed by atoms with van der Waals surface area (Å²) in [4.78, 5) is 23.1. The maximum atomic E-state index is 11.6. The molecule has 2 N–H and O–H groups in total. The molecular formula is C14H18N2O2. The van der Waals surface area contributed by atoms with Gasteiger partial charge in [-0.15, -0.1) is 0 Å². The summed E-state index contributed by atoms with van der Waals surface area (Å²) in [5, 5.41) is 5.67. The number of carbonyl (C=O) groups excluding carboxylic acids is 2. The van der Waals surface area contributed by atoms with Crippen molar-refractivity contribution >= 4 is 23.2 Å². The summed E-state index contributed by atoms with van der Waals surface area (Å²) in [6, 6.07) is 7.26. The molecule has 1 saturated carbocycles. The van der Waals surface area contributed by atoms with Crippen LogP contribution in [-0.4, -0.2) is 11.8 Å². The molecule has 1 aliphatic rings. The molecule has 0 aliphatic heterocycles. The number of benzene rings is 1. The minimum absolute atomic E-state index is 0.00293. The summed E-state index contributed by atoms with van der Waals surface area (Å²) in [7, 11) is 0. The van der Waals surface area contributed by atoms with Crippen LogP contribution in [0.5, 0.6) is 0 Å². The molecule has 0 spiro atoms. The number of nitrogens with one attached hydrogen (secondary N) is 2. The first kappa shape index (κ1) is 12.6. The van der Waals surface area contributed by atoms with Crippen LogP contribution in [0.4, 0.5) is 11.4 Å². The number of hydrogen-bond donors (Lipinski definition) is 2. The lowest BCUT2D eigenvalue weighted by molar-refractivity contribution is -0.117. The summed E-state index contributed by atoms with van der Waals surface area (Å²) < 4.78 is 0. The third-order valence-electron chi connectivity index (χ3n) is 2.84. The predicted molar refractivity (Wildman–Crippen MR) is 71.3 cm³/mol.